The van der Waals surface area contributed by atoms with Crippen LogP contribution in [0.3, 0.4) is 0 Å². The van der Waals surface area contributed by atoms with Crippen LogP contribution >= 0.6 is 22.6 Å². The van der Waals surface area contributed by atoms with Crippen LogP contribution in [-0.2, 0) is 9.47 Å². The Morgan fingerprint density at radius 1 is 1.32 bits per heavy atom. The molecule has 3 nitrogen and oxygen atoms in total. The molecule has 1 aliphatic carbocycles. The number of halogens is 1. The molecule has 19 heavy (non-hydrogen) atoms. The summed E-state index contributed by atoms with van der Waals surface area (Å²) in [6.45, 7) is 2.00. The summed E-state index contributed by atoms with van der Waals surface area (Å²) in [5, 5.41) is 0. The Bertz CT molecular complexity index is 461. The van der Waals surface area contributed by atoms with E-state index in [0.717, 1.165) is 16.8 Å². The van der Waals surface area contributed by atoms with E-state index < -0.39 is 0 Å². The van der Waals surface area contributed by atoms with Crippen LogP contribution in [0.4, 0.5) is 0 Å². The normalized spacial score (nSPS) is 21.3. The van der Waals surface area contributed by atoms with Crippen LogP contribution in [0.1, 0.15) is 29.6 Å². The van der Waals surface area contributed by atoms with Gasteiger partial charge in [-0.1, -0.05) is 6.42 Å². The molecule has 1 heterocycles. The van der Waals surface area contributed by atoms with Gasteiger partial charge in [-0.25, -0.2) is 4.79 Å². The summed E-state index contributed by atoms with van der Waals surface area (Å²) in [4.78, 5) is 12.0. The topological polar surface area (TPSA) is 35.5 Å². The summed E-state index contributed by atoms with van der Waals surface area (Å²) in [6, 6.07) is 7.48. The van der Waals surface area contributed by atoms with Crippen LogP contribution in [0.5, 0.6) is 0 Å². The van der Waals surface area contributed by atoms with Gasteiger partial charge in [-0.3, -0.25) is 0 Å². The maximum absolute atomic E-state index is 12.0. The van der Waals surface area contributed by atoms with Crippen molar-refractivity contribution < 1.29 is 14.3 Å². The van der Waals surface area contributed by atoms with Gasteiger partial charge in [0.25, 0.3) is 0 Å². The molecule has 0 unspecified atom stereocenters. The molecule has 1 aliphatic heterocycles. The lowest BCUT2D eigenvalue weighted by atomic mass is 9.64. The fourth-order valence-electron chi connectivity index (χ4n) is 2.70. The minimum atomic E-state index is -0.220. The Morgan fingerprint density at radius 3 is 2.47 bits per heavy atom. The van der Waals surface area contributed by atoms with Crippen molar-refractivity contribution in [3.63, 3.8) is 0 Å². The van der Waals surface area contributed by atoms with E-state index in [1.807, 2.05) is 24.3 Å². The predicted octanol–water partition coefficient (Wildman–Crippen LogP) is 3.26. The molecule has 0 N–H and O–H groups in total. The summed E-state index contributed by atoms with van der Waals surface area (Å²) >= 11 is 2.22. The van der Waals surface area contributed by atoms with Crippen molar-refractivity contribution >= 4 is 28.6 Å². The number of carbonyl (C=O) groups excluding carboxylic acids is 1. The third kappa shape index (κ3) is 2.65. The van der Waals surface area contributed by atoms with Crippen LogP contribution in [0.2, 0.25) is 0 Å². The van der Waals surface area contributed by atoms with E-state index in [0.29, 0.717) is 18.1 Å². The molecule has 0 spiro atoms. The first-order valence-electron chi connectivity index (χ1n) is 6.70. The summed E-state index contributed by atoms with van der Waals surface area (Å²) in [5.74, 6) is 0.466. The lowest BCUT2D eigenvalue weighted by Crippen LogP contribution is -2.54. The Balaban J connectivity index is 1.59. The largest absolute Gasteiger partial charge is 0.461 e. The summed E-state index contributed by atoms with van der Waals surface area (Å²) in [5.41, 5.74) is 0.737. The minimum absolute atomic E-state index is 0.108. The van der Waals surface area contributed by atoms with Gasteiger partial charge < -0.3 is 9.47 Å². The first-order valence-corrected chi connectivity index (χ1v) is 7.78. The van der Waals surface area contributed by atoms with Gasteiger partial charge in [-0.2, -0.15) is 0 Å². The van der Waals surface area contributed by atoms with Gasteiger partial charge in [0.1, 0.15) is 6.61 Å². The van der Waals surface area contributed by atoms with Gasteiger partial charge in [0.2, 0.25) is 0 Å². The third-order valence-corrected chi connectivity index (χ3v) is 5.04. The molecule has 0 radical (unpaired) electrons. The van der Waals surface area contributed by atoms with Gasteiger partial charge in [-0.15, -0.1) is 0 Å². The van der Waals surface area contributed by atoms with Crippen LogP contribution in [0.15, 0.2) is 24.3 Å². The Hall–Kier alpha value is -0.620. The van der Waals surface area contributed by atoms with Gasteiger partial charge in [0.15, 0.2) is 0 Å². The van der Waals surface area contributed by atoms with E-state index in [2.05, 4.69) is 22.6 Å². The maximum Gasteiger partial charge on any atom is 0.338 e. The zero-order valence-corrected chi connectivity index (χ0v) is 12.9. The summed E-state index contributed by atoms with van der Waals surface area (Å²) in [7, 11) is 0. The quantitative estimate of drug-likeness (QED) is 0.601. The van der Waals surface area contributed by atoms with Crippen LogP contribution in [0.25, 0.3) is 0 Å². The van der Waals surface area contributed by atoms with Crippen molar-refractivity contribution in [1.82, 2.24) is 0 Å². The second-order valence-corrected chi connectivity index (χ2v) is 6.81. The number of hydrogen-bond acceptors (Lipinski definition) is 3. The molecule has 0 atom stereocenters. The van der Waals surface area contributed by atoms with Crippen molar-refractivity contribution in [1.29, 1.82) is 0 Å². The van der Waals surface area contributed by atoms with Crippen molar-refractivity contribution in [3.8, 4) is 0 Å². The van der Waals surface area contributed by atoms with Crippen molar-refractivity contribution in [2.24, 2.45) is 11.3 Å². The first-order chi connectivity index (χ1) is 9.20. The number of esters is 1. The van der Waals surface area contributed by atoms with E-state index in [1.54, 1.807) is 0 Å². The molecule has 0 amide bonds. The summed E-state index contributed by atoms with van der Waals surface area (Å²) in [6.07, 6.45) is 3.81. The fraction of sp³-hybridized carbons (Fsp3) is 0.533. The molecule has 1 aromatic carbocycles. The molecular weight excluding hydrogens is 355 g/mol. The standard InChI is InChI=1S/C15H17IO3/c16-13-6-4-11(5-7-13)14(17)19-10-15(8-18-9-15)12-2-1-3-12/h4-7,12H,1-3,8-10H2. The molecule has 4 heteroatoms. The van der Waals surface area contributed by atoms with Gasteiger partial charge in [0, 0.05) is 3.57 Å². The zero-order chi connectivity index (χ0) is 13.3. The number of carbonyl (C=O) groups is 1. The van der Waals surface area contributed by atoms with Crippen molar-refractivity contribution in [3.05, 3.63) is 33.4 Å². The second kappa shape index (κ2) is 5.40. The molecule has 0 bridgehead atoms. The average molecular weight is 372 g/mol. The average Bonchev–Trinajstić information content (AvgIpc) is 2.30. The smallest absolute Gasteiger partial charge is 0.338 e. The van der Waals surface area contributed by atoms with Gasteiger partial charge >= 0.3 is 5.97 Å². The molecule has 3 rings (SSSR count). The van der Waals surface area contributed by atoms with Crippen LogP contribution < -0.4 is 0 Å². The monoisotopic (exact) mass is 372 g/mol. The summed E-state index contributed by atoms with van der Waals surface area (Å²) < 4.78 is 12.0. The predicted molar refractivity (Wildman–Crippen MR) is 80.0 cm³/mol. The van der Waals surface area contributed by atoms with Crippen LogP contribution in [0, 0.1) is 14.9 Å². The fourth-order valence-corrected chi connectivity index (χ4v) is 3.06. The molecule has 1 saturated carbocycles. The highest BCUT2D eigenvalue weighted by molar-refractivity contribution is 14.1. The maximum atomic E-state index is 12.0. The number of benzene rings is 1. The Morgan fingerprint density at radius 2 is 2.00 bits per heavy atom. The Labute approximate surface area is 126 Å². The molecule has 2 aliphatic rings. The van der Waals surface area contributed by atoms with E-state index in [1.165, 1.54) is 19.3 Å². The second-order valence-electron chi connectivity index (χ2n) is 5.57. The van der Waals surface area contributed by atoms with Crippen molar-refractivity contribution in [2.45, 2.75) is 19.3 Å². The van der Waals surface area contributed by atoms with E-state index in [-0.39, 0.29) is 11.4 Å². The van der Waals surface area contributed by atoms with E-state index in [4.69, 9.17) is 9.47 Å². The van der Waals surface area contributed by atoms with Crippen LogP contribution in [-0.4, -0.2) is 25.8 Å². The molecule has 1 aromatic rings. The number of ether oxygens (including phenoxy) is 2. The highest BCUT2D eigenvalue weighted by Gasteiger charge is 2.48. The number of hydrogen-bond donors (Lipinski definition) is 0. The highest BCUT2D eigenvalue weighted by atomic mass is 127. The minimum Gasteiger partial charge on any atom is -0.461 e. The molecular formula is C15H17IO3. The first kappa shape index (κ1) is 13.4. The molecule has 2 fully saturated rings. The SMILES string of the molecule is O=C(OCC1(C2CCC2)COC1)c1ccc(I)cc1. The van der Waals surface area contributed by atoms with Crippen molar-refractivity contribution in [2.75, 3.05) is 19.8 Å². The molecule has 102 valence electrons. The van der Waals surface area contributed by atoms with Gasteiger partial charge in [-0.05, 0) is 65.6 Å². The molecule has 1 saturated heterocycles. The highest BCUT2D eigenvalue weighted by Crippen LogP contribution is 2.47. The van der Waals surface area contributed by atoms with E-state index >= 15 is 0 Å². The lowest BCUT2D eigenvalue weighted by Gasteiger charge is -2.50. The number of rotatable bonds is 4. The Kier molecular flexibility index (Phi) is 3.80. The molecule has 0 aromatic heterocycles. The lowest BCUT2D eigenvalue weighted by molar-refractivity contribution is -0.183. The van der Waals surface area contributed by atoms with Gasteiger partial charge in [0.05, 0.1) is 24.2 Å². The van der Waals surface area contributed by atoms with E-state index in [9.17, 15) is 4.79 Å². The zero-order valence-electron chi connectivity index (χ0n) is 10.7. The third-order valence-electron chi connectivity index (χ3n) is 4.32.